The number of benzene rings is 1. The lowest BCUT2D eigenvalue weighted by atomic mass is 9.94. The summed E-state index contributed by atoms with van der Waals surface area (Å²) in [5.74, 6) is 0.209. The molecule has 0 aromatic heterocycles. The van der Waals surface area contributed by atoms with E-state index in [2.05, 4.69) is 10.3 Å². The van der Waals surface area contributed by atoms with Crippen LogP contribution >= 0.6 is 11.8 Å². The maximum atomic E-state index is 13.5. The molecular formula is C26H32F6N4O2S. The van der Waals surface area contributed by atoms with Gasteiger partial charge in [-0.1, -0.05) is 32.4 Å². The van der Waals surface area contributed by atoms with Gasteiger partial charge in [0.2, 0.25) is 5.91 Å². The number of hydrogen-bond acceptors (Lipinski definition) is 5. The number of likely N-dealkylation sites (tertiary alicyclic amines) is 1. The Labute approximate surface area is 227 Å². The standard InChI is InChI=1S/C26H32F6N4O2S/c1-5-15(2)21(23(37)35(3)4)33-22-20(39-24(38)34-22)12-16-8-10-36(11-9-16)14-17-6-7-18(25(27,28)29)13-19(17)26(30,31)32/h6-7,12-13,15-16,21H,5,8-11,14H2,1-4H3,(H,33,34,38)/b20-12-/t15?,21-/m0/s1. The molecule has 6 nitrogen and oxygen atoms in total. The molecule has 13 heteroatoms. The lowest BCUT2D eigenvalue weighted by Crippen LogP contribution is -2.49. The highest BCUT2D eigenvalue weighted by molar-refractivity contribution is 8.18. The van der Waals surface area contributed by atoms with Crippen LogP contribution in [0.15, 0.2) is 34.2 Å². The van der Waals surface area contributed by atoms with Crippen molar-refractivity contribution in [2.45, 2.75) is 58.0 Å². The zero-order valence-corrected chi connectivity index (χ0v) is 22.9. The molecule has 39 heavy (non-hydrogen) atoms. The SMILES string of the molecule is CCC(C)[C@H](NC1=NC(=O)S/C1=C\C1CCN(Cc2ccc(C(F)(F)F)cc2C(F)(F)F)CC1)C(=O)N(C)C. The van der Waals surface area contributed by atoms with E-state index in [0.717, 1.165) is 24.2 Å². The number of alkyl halides is 6. The third-order valence-corrected chi connectivity index (χ3v) is 7.82. The Hall–Kier alpha value is -2.54. The van der Waals surface area contributed by atoms with Gasteiger partial charge >= 0.3 is 17.6 Å². The van der Waals surface area contributed by atoms with E-state index in [1.807, 2.05) is 19.9 Å². The largest absolute Gasteiger partial charge is 0.416 e. The van der Waals surface area contributed by atoms with E-state index in [1.54, 1.807) is 19.0 Å². The fourth-order valence-electron chi connectivity index (χ4n) is 4.52. The summed E-state index contributed by atoms with van der Waals surface area (Å²) in [6.45, 7) is 4.63. The first-order valence-electron chi connectivity index (χ1n) is 12.6. The van der Waals surface area contributed by atoms with Crippen LogP contribution in [0, 0.1) is 11.8 Å². The predicted molar refractivity (Wildman–Crippen MR) is 138 cm³/mol. The minimum atomic E-state index is -4.91. The number of amides is 2. The van der Waals surface area contributed by atoms with Crippen molar-refractivity contribution in [2.75, 3.05) is 27.2 Å². The molecule has 0 radical (unpaired) electrons. The van der Waals surface area contributed by atoms with Gasteiger partial charge in [0, 0.05) is 20.6 Å². The van der Waals surface area contributed by atoms with E-state index in [-0.39, 0.29) is 35.9 Å². The number of carbonyl (C=O) groups excluding carboxylic acids is 2. The van der Waals surface area contributed by atoms with E-state index >= 15 is 0 Å². The molecule has 1 aromatic carbocycles. The quantitative estimate of drug-likeness (QED) is 0.392. The van der Waals surface area contributed by atoms with Gasteiger partial charge < -0.3 is 10.2 Å². The summed E-state index contributed by atoms with van der Waals surface area (Å²) in [7, 11) is 3.31. The van der Waals surface area contributed by atoms with Crippen molar-refractivity contribution >= 4 is 28.7 Å². The van der Waals surface area contributed by atoms with Crippen molar-refractivity contribution in [3.8, 4) is 0 Å². The molecule has 216 valence electrons. The van der Waals surface area contributed by atoms with Crippen molar-refractivity contribution in [3.05, 3.63) is 45.9 Å². The second-order valence-electron chi connectivity index (χ2n) is 10.1. The molecule has 2 aliphatic heterocycles. The van der Waals surface area contributed by atoms with Gasteiger partial charge in [0.15, 0.2) is 0 Å². The minimum Gasteiger partial charge on any atom is -0.357 e. The van der Waals surface area contributed by atoms with E-state index in [1.165, 1.54) is 4.90 Å². The van der Waals surface area contributed by atoms with Crippen LogP contribution in [0.5, 0.6) is 0 Å². The van der Waals surface area contributed by atoms with Crippen molar-refractivity contribution in [2.24, 2.45) is 16.8 Å². The maximum Gasteiger partial charge on any atom is 0.416 e. The average Bonchev–Trinajstić information content (AvgIpc) is 3.19. The monoisotopic (exact) mass is 578 g/mol. The minimum absolute atomic E-state index is 0.0143. The summed E-state index contributed by atoms with van der Waals surface area (Å²) in [5, 5.41) is 2.75. The molecule has 1 fully saturated rings. The fourth-order valence-corrected chi connectivity index (χ4v) is 5.31. The number of piperidine rings is 1. The third-order valence-electron chi connectivity index (χ3n) is 7.00. The van der Waals surface area contributed by atoms with Gasteiger partial charge in [0.1, 0.15) is 11.9 Å². The maximum absolute atomic E-state index is 13.5. The lowest BCUT2D eigenvalue weighted by molar-refractivity contribution is -0.143. The molecule has 1 aromatic rings. The Bertz CT molecular complexity index is 1120. The number of rotatable bonds is 7. The van der Waals surface area contributed by atoms with Gasteiger partial charge in [-0.05, 0) is 67.2 Å². The number of hydrogen-bond donors (Lipinski definition) is 1. The molecule has 1 saturated heterocycles. The van der Waals surface area contributed by atoms with E-state index in [0.29, 0.717) is 42.7 Å². The fraction of sp³-hybridized carbons (Fsp3) is 0.577. The van der Waals surface area contributed by atoms with Crippen molar-refractivity contribution in [1.29, 1.82) is 0 Å². The van der Waals surface area contributed by atoms with Gasteiger partial charge in [0.25, 0.3) is 0 Å². The Kier molecular flexibility index (Phi) is 9.79. The first-order chi connectivity index (χ1) is 18.1. The Balaban J connectivity index is 1.69. The van der Waals surface area contributed by atoms with Crippen molar-refractivity contribution in [1.82, 2.24) is 15.1 Å². The van der Waals surface area contributed by atoms with E-state index in [9.17, 15) is 35.9 Å². The number of nitrogens with zero attached hydrogens (tertiary/aromatic N) is 3. The van der Waals surface area contributed by atoms with Crippen molar-refractivity contribution < 1.29 is 35.9 Å². The number of thioether (sulfide) groups is 1. The first-order valence-corrected chi connectivity index (χ1v) is 13.4. The van der Waals surface area contributed by atoms with E-state index in [4.69, 9.17) is 0 Å². The summed E-state index contributed by atoms with van der Waals surface area (Å²) in [4.78, 5) is 32.8. The zero-order chi connectivity index (χ0) is 29.1. The molecule has 0 spiro atoms. The highest BCUT2D eigenvalue weighted by Gasteiger charge is 2.38. The first kappa shape index (κ1) is 31.0. The summed E-state index contributed by atoms with van der Waals surface area (Å²) in [6.07, 6.45) is -5.97. The molecule has 0 aliphatic carbocycles. The van der Waals surface area contributed by atoms with Gasteiger partial charge in [-0.2, -0.15) is 31.3 Å². The van der Waals surface area contributed by atoms with Crippen LogP contribution in [0.1, 0.15) is 49.8 Å². The van der Waals surface area contributed by atoms with Crippen LogP contribution in [0.3, 0.4) is 0 Å². The number of allylic oxidation sites excluding steroid dienone is 1. The number of likely N-dealkylation sites (N-methyl/N-ethyl adjacent to an activating group) is 1. The normalized spacial score (nSPS) is 20.2. The smallest absolute Gasteiger partial charge is 0.357 e. The molecule has 2 atom stereocenters. The topological polar surface area (TPSA) is 65.0 Å². The second-order valence-corrected chi connectivity index (χ2v) is 11.1. The summed E-state index contributed by atoms with van der Waals surface area (Å²) in [6, 6.07) is 1.18. The molecule has 2 amide bonds. The molecule has 0 saturated carbocycles. The van der Waals surface area contributed by atoms with Gasteiger partial charge in [-0.15, -0.1) is 0 Å². The number of nitrogens with one attached hydrogen (secondary N) is 1. The summed E-state index contributed by atoms with van der Waals surface area (Å²) < 4.78 is 79.5. The highest BCUT2D eigenvalue weighted by Crippen LogP contribution is 2.38. The molecule has 2 aliphatic rings. The molecule has 2 heterocycles. The van der Waals surface area contributed by atoms with Crippen molar-refractivity contribution in [3.63, 3.8) is 0 Å². The number of carbonyl (C=O) groups is 2. The van der Waals surface area contributed by atoms with Crippen LogP contribution in [-0.2, 0) is 23.7 Å². The van der Waals surface area contributed by atoms with Gasteiger partial charge in [-0.25, -0.2) is 0 Å². The van der Waals surface area contributed by atoms with Crippen LogP contribution < -0.4 is 5.32 Å². The number of halogens is 6. The summed E-state index contributed by atoms with van der Waals surface area (Å²) >= 11 is 0.961. The number of aliphatic imine (C=N–C) groups is 1. The van der Waals surface area contributed by atoms with Gasteiger partial charge in [-0.3, -0.25) is 14.5 Å². The van der Waals surface area contributed by atoms with Crippen LogP contribution in [0.4, 0.5) is 31.1 Å². The molecule has 1 N–H and O–H groups in total. The summed E-state index contributed by atoms with van der Waals surface area (Å²) in [5.41, 5.74) is -2.82. The number of amidine groups is 1. The zero-order valence-electron chi connectivity index (χ0n) is 22.1. The van der Waals surface area contributed by atoms with Gasteiger partial charge in [0.05, 0.1) is 16.0 Å². The Morgan fingerprint density at radius 3 is 2.36 bits per heavy atom. The van der Waals surface area contributed by atoms with Crippen LogP contribution in [0.25, 0.3) is 0 Å². The Morgan fingerprint density at radius 2 is 1.82 bits per heavy atom. The molecule has 3 rings (SSSR count). The molecule has 1 unspecified atom stereocenters. The lowest BCUT2D eigenvalue weighted by Gasteiger charge is -2.32. The Morgan fingerprint density at radius 1 is 1.18 bits per heavy atom. The predicted octanol–water partition coefficient (Wildman–Crippen LogP) is 6.18. The van der Waals surface area contributed by atoms with Crippen LogP contribution in [-0.4, -0.2) is 60.0 Å². The second kappa shape index (κ2) is 12.3. The highest BCUT2D eigenvalue weighted by atomic mass is 32.2. The molecular weight excluding hydrogens is 546 g/mol. The van der Waals surface area contributed by atoms with Crippen LogP contribution in [0.2, 0.25) is 0 Å². The third kappa shape index (κ3) is 8.00. The average molecular weight is 579 g/mol. The van der Waals surface area contributed by atoms with E-state index < -0.39 is 34.8 Å². The molecule has 0 bridgehead atoms.